The minimum atomic E-state index is -1.21. The zero-order chi connectivity index (χ0) is 11.7. The van der Waals surface area contributed by atoms with Gasteiger partial charge in [-0.2, -0.15) is 4.99 Å². The molecule has 0 N–H and O–H groups in total. The number of carbonyl (C=O) groups excluding carboxylic acids is 3. The van der Waals surface area contributed by atoms with Gasteiger partial charge in [-0.05, 0) is 0 Å². The third-order valence-electron chi connectivity index (χ3n) is 1.15. The number of ether oxygens (including phenoxy) is 2. The first-order chi connectivity index (χ1) is 7.13. The molecule has 1 unspecified atom stereocenters. The topological polar surface area (TPSA) is 82.0 Å². The summed E-state index contributed by atoms with van der Waals surface area (Å²) in [6.45, 7) is 5.93. The van der Waals surface area contributed by atoms with Crippen LogP contribution in [0.3, 0.4) is 0 Å². The second kappa shape index (κ2) is 7.23. The molecular formula is C9H9NO5. The maximum atomic E-state index is 10.7. The smallest absolute Gasteiger partial charge is 0.332 e. The lowest BCUT2D eigenvalue weighted by atomic mass is 10.5. The van der Waals surface area contributed by atoms with Crippen LogP contribution >= 0.6 is 0 Å². The van der Waals surface area contributed by atoms with Gasteiger partial charge in [-0.15, -0.1) is 0 Å². The first-order valence-electron chi connectivity index (χ1n) is 3.83. The highest BCUT2D eigenvalue weighted by molar-refractivity contribution is 5.82. The summed E-state index contributed by atoms with van der Waals surface area (Å²) in [5.41, 5.74) is 0. The van der Waals surface area contributed by atoms with Crippen molar-refractivity contribution in [3.05, 3.63) is 25.3 Å². The van der Waals surface area contributed by atoms with Crippen LogP contribution in [0.25, 0.3) is 0 Å². The van der Waals surface area contributed by atoms with E-state index in [9.17, 15) is 14.4 Å². The maximum Gasteiger partial charge on any atom is 0.332 e. The van der Waals surface area contributed by atoms with Crippen molar-refractivity contribution in [3.8, 4) is 0 Å². The number of esters is 2. The van der Waals surface area contributed by atoms with E-state index in [0.717, 1.165) is 12.2 Å². The standard InChI is InChI=1S/C9H9NO5/c1-3-8(12)14-5-7(10-6-11)15-9(13)4-2/h3-4,7H,1-2,5H2. The summed E-state index contributed by atoms with van der Waals surface area (Å²) >= 11 is 0. The lowest BCUT2D eigenvalue weighted by Gasteiger charge is -2.09. The van der Waals surface area contributed by atoms with Crippen LogP contribution in [-0.2, 0) is 23.9 Å². The van der Waals surface area contributed by atoms with E-state index < -0.39 is 18.2 Å². The van der Waals surface area contributed by atoms with Crippen molar-refractivity contribution in [3.63, 3.8) is 0 Å². The van der Waals surface area contributed by atoms with E-state index in [1.807, 2.05) is 0 Å². The summed E-state index contributed by atoms with van der Waals surface area (Å²) in [6, 6.07) is 0. The molecule has 0 aliphatic heterocycles. The van der Waals surface area contributed by atoms with E-state index in [1.165, 1.54) is 6.08 Å². The van der Waals surface area contributed by atoms with Gasteiger partial charge in [0.05, 0.1) is 0 Å². The van der Waals surface area contributed by atoms with Gasteiger partial charge in [0.1, 0.15) is 0 Å². The molecule has 15 heavy (non-hydrogen) atoms. The van der Waals surface area contributed by atoms with Crippen molar-refractivity contribution in [1.29, 1.82) is 0 Å². The Balaban J connectivity index is 4.21. The Labute approximate surface area is 85.9 Å². The molecule has 0 aromatic heterocycles. The minimum absolute atomic E-state index is 0.375. The number of carbonyl (C=O) groups is 2. The molecule has 0 aromatic rings. The van der Waals surface area contributed by atoms with Gasteiger partial charge in [0.15, 0.2) is 6.61 Å². The molecule has 0 heterocycles. The van der Waals surface area contributed by atoms with Crippen LogP contribution in [-0.4, -0.2) is 30.9 Å². The van der Waals surface area contributed by atoms with Crippen molar-refractivity contribution in [1.82, 2.24) is 0 Å². The van der Waals surface area contributed by atoms with Gasteiger partial charge in [-0.3, -0.25) is 0 Å². The molecule has 0 aliphatic carbocycles. The third-order valence-corrected chi connectivity index (χ3v) is 1.15. The van der Waals surface area contributed by atoms with E-state index in [0.29, 0.717) is 0 Å². The van der Waals surface area contributed by atoms with Gasteiger partial charge in [-0.1, -0.05) is 13.2 Å². The van der Waals surface area contributed by atoms with Crippen LogP contribution < -0.4 is 0 Å². The van der Waals surface area contributed by atoms with E-state index in [2.05, 4.69) is 27.6 Å². The number of rotatable bonds is 6. The predicted molar refractivity (Wildman–Crippen MR) is 49.4 cm³/mol. The Morgan fingerprint density at radius 1 is 1.33 bits per heavy atom. The van der Waals surface area contributed by atoms with Gasteiger partial charge < -0.3 is 9.47 Å². The number of nitrogens with zero attached hydrogens (tertiary/aromatic N) is 1. The lowest BCUT2D eigenvalue weighted by molar-refractivity contribution is -0.152. The van der Waals surface area contributed by atoms with Crippen LogP contribution in [0.1, 0.15) is 0 Å². The molecule has 1 atom stereocenters. The molecule has 0 bridgehead atoms. The van der Waals surface area contributed by atoms with Gasteiger partial charge in [0, 0.05) is 12.2 Å². The van der Waals surface area contributed by atoms with Gasteiger partial charge in [-0.25, -0.2) is 14.4 Å². The highest BCUT2D eigenvalue weighted by atomic mass is 16.6. The van der Waals surface area contributed by atoms with Crippen molar-refractivity contribution in [2.45, 2.75) is 6.23 Å². The number of isocyanates is 1. The summed E-state index contributed by atoms with van der Waals surface area (Å²) in [6.07, 6.45) is 1.79. The van der Waals surface area contributed by atoms with Crippen LogP contribution in [0, 0.1) is 0 Å². The monoisotopic (exact) mass is 211 g/mol. The summed E-state index contributed by atoms with van der Waals surface area (Å²) in [7, 11) is 0. The van der Waals surface area contributed by atoms with Crippen LogP contribution in [0.4, 0.5) is 0 Å². The average molecular weight is 211 g/mol. The third kappa shape index (κ3) is 5.95. The summed E-state index contributed by atoms with van der Waals surface area (Å²) in [5, 5.41) is 0. The van der Waals surface area contributed by atoms with Gasteiger partial charge >= 0.3 is 11.9 Å². The van der Waals surface area contributed by atoms with E-state index >= 15 is 0 Å². The summed E-state index contributed by atoms with van der Waals surface area (Å²) < 4.78 is 9.05. The Bertz CT molecular complexity index is 316. The van der Waals surface area contributed by atoms with Gasteiger partial charge in [0.25, 0.3) is 0 Å². The molecule has 6 nitrogen and oxygen atoms in total. The quantitative estimate of drug-likeness (QED) is 0.269. The van der Waals surface area contributed by atoms with Crippen LogP contribution in [0.15, 0.2) is 30.3 Å². The minimum Gasteiger partial charge on any atom is -0.456 e. The fraction of sp³-hybridized carbons (Fsp3) is 0.222. The molecule has 0 saturated heterocycles. The maximum absolute atomic E-state index is 10.7. The van der Waals surface area contributed by atoms with E-state index in [4.69, 9.17) is 0 Å². The first-order valence-corrected chi connectivity index (χ1v) is 3.83. The molecule has 0 spiro atoms. The molecule has 0 saturated carbocycles. The van der Waals surface area contributed by atoms with Crippen molar-refractivity contribution >= 4 is 18.0 Å². The molecule has 0 rings (SSSR count). The average Bonchev–Trinajstić information content (AvgIpc) is 2.25. The molecule has 0 radical (unpaired) electrons. The Kier molecular flexibility index (Phi) is 6.17. The van der Waals surface area contributed by atoms with Crippen molar-refractivity contribution in [2.24, 2.45) is 4.99 Å². The van der Waals surface area contributed by atoms with Crippen LogP contribution in [0.5, 0.6) is 0 Å². The molecule has 0 amide bonds. The molecular weight excluding hydrogens is 202 g/mol. The molecule has 0 aromatic carbocycles. The SMILES string of the molecule is C=CC(=O)OCC(N=C=O)OC(=O)C=C. The largest absolute Gasteiger partial charge is 0.456 e. The highest BCUT2D eigenvalue weighted by Crippen LogP contribution is 1.96. The zero-order valence-electron chi connectivity index (χ0n) is 7.84. The molecule has 0 fully saturated rings. The second-order valence-electron chi connectivity index (χ2n) is 2.15. The number of aliphatic imine (C=N–C) groups is 1. The predicted octanol–water partition coefficient (Wildman–Crippen LogP) is 0.107. The molecule has 6 heteroatoms. The Hall–Kier alpha value is -2.20. The van der Waals surface area contributed by atoms with E-state index in [1.54, 1.807) is 0 Å². The first kappa shape index (κ1) is 12.8. The fourth-order valence-corrected chi connectivity index (χ4v) is 0.551. The Morgan fingerprint density at radius 3 is 2.40 bits per heavy atom. The summed E-state index contributed by atoms with van der Waals surface area (Å²) in [5.74, 6) is -1.50. The normalized spacial score (nSPS) is 10.4. The number of hydrogen-bond acceptors (Lipinski definition) is 6. The molecule has 80 valence electrons. The Morgan fingerprint density at radius 2 is 1.93 bits per heavy atom. The molecule has 0 aliphatic rings. The fourth-order valence-electron chi connectivity index (χ4n) is 0.551. The van der Waals surface area contributed by atoms with Gasteiger partial charge in [0.2, 0.25) is 12.3 Å². The van der Waals surface area contributed by atoms with Crippen LogP contribution in [0.2, 0.25) is 0 Å². The highest BCUT2D eigenvalue weighted by Gasteiger charge is 2.12. The second-order valence-corrected chi connectivity index (χ2v) is 2.15. The zero-order valence-corrected chi connectivity index (χ0v) is 7.84. The van der Waals surface area contributed by atoms with E-state index in [-0.39, 0.29) is 6.61 Å². The van der Waals surface area contributed by atoms with Crippen molar-refractivity contribution < 1.29 is 23.9 Å². The van der Waals surface area contributed by atoms with Crippen molar-refractivity contribution in [2.75, 3.05) is 6.61 Å². The lowest BCUT2D eigenvalue weighted by Crippen LogP contribution is -2.22. The number of hydrogen-bond donors (Lipinski definition) is 0. The summed E-state index contributed by atoms with van der Waals surface area (Å²) in [4.78, 5) is 34.4.